The van der Waals surface area contributed by atoms with Crippen LogP contribution in [0, 0.1) is 11.7 Å². The third kappa shape index (κ3) is 4.60. The van der Waals surface area contributed by atoms with Crippen molar-refractivity contribution in [2.75, 3.05) is 18.0 Å². The van der Waals surface area contributed by atoms with E-state index in [9.17, 15) is 4.39 Å². The van der Waals surface area contributed by atoms with E-state index in [1.54, 1.807) is 18.3 Å². The number of rotatable bonds is 8. The van der Waals surface area contributed by atoms with Crippen molar-refractivity contribution >= 4 is 5.82 Å². The molecule has 0 aromatic carbocycles. The minimum atomic E-state index is -0.237. The summed E-state index contributed by atoms with van der Waals surface area (Å²) in [5, 5.41) is 3.26. The largest absolute Gasteiger partial charge is 0.348 e. The highest BCUT2D eigenvalue weighted by Gasteiger charge is 2.17. The Morgan fingerprint density at radius 3 is 2.65 bits per heavy atom. The van der Waals surface area contributed by atoms with E-state index < -0.39 is 0 Å². The molecule has 0 amide bonds. The Labute approximate surface area is 121 Å². The summed E-state index contributed by atoms with van der Waals surface area (Å²) in [6, 6.07) is 1.91. The molecule has 0 aliphatic rings. The van der Waals surface area contributed by atoms with Crippen LogP contribution >= 0.6 is 0 Å². The predicted molar refractivity (Wildman–Crippen MR) is 83.4 cm³/mol. The summed E-state index contributed by atoms with van der Waals surface area (Å²) >= 11 is 0. The van der Waals surface area contributed by atoms with Gasteiger partial charge in [0.25, 0.3) is 0 Å². The number of nitrogens with one attached hydrogen (secondary N) is 1. The van der Waals surface area contributed by atoms with Crippen molar-refractivity contribution in [3.8, 4) is 0 Å². The first-order valence-corrected chi connectivity index (χ1v) is 7.19. The minimum absolute atomic E-state index is 0.175. The zero-order valence-electron chi connectivity index (χ0n) is 13.0. The van der Waals surface area contributed by atoms with Gasteiger partial charge < -0.3 is 10.2 Å². The topological polar surface area (TPSA) is 28.2 Å². The van der Waals surface area contributed by atoms with Crippen molar-refractivity contribution in [3.63, 3.8) is 0 Å². The summed E-state index contributed by atoms with van der Waals surface area (Å²) in [7, 11) is 0. The molecule has 0 saturated heterocycles. The highest BCUT2D eigenvalue weighted by atomic mass is 19.1. The van der Waals surface area contributed by atoms with Gasteiger partial charge in [0.15, 0.2) is 11.6 Å². The van der Waals surface area contributed by atoms with Crippen LogP contribution in [0.3, 0.4) is 0 Å². The highest BCUT2D eigenvalue weighted by molar-refractivity contribution is 5.44. The van der Waals surface area contributed by atoms with Crippen LogP contribution < -0.4 is 10.2 Å². The number of hydrogen-bond donors (Lipinski definition) is 1. The van der Waals surface area contributed by atoms with Crippen LogP contribution in [0.1, 0.15) is 33.3 Å². The molecule has 0 aliphatic carbocycles. The van der Waals surface area contributed by atoms with Crippen molar-refractivity contribution in [3.05, 3.63) is 36.3 Å². The number of nitrogens with zero attached hydrogens (tertiary/aromatic N) is 2. The quantitative estimate of drug-likeness (QED) is 0.740. The Hall–Kier alpha value is -1.42. The molecule has 0 fully saturated rings. The molecule has 0 atom stereocenters. The van der Waals surface area contributed by atoms with Crippen LogP contribution in [0.4, 0.5) is 10.2 Å². The number of aromatic nitrogens is 1. The summed E-state index contributed by atoms with van der Waals surface area (Å²) < 4.78 is 14.6. The summed E-state index contributed by atoms with van der Waals surface area (Å²) in [6.45, 7) is 14.0. The van der Waals surface area contributed by atoms with Gasteiger partial charge in [-0.3, -0.25) is 0 Å². The zero-order valence-corrected chi connectivity index (χ0v) is 13.0. The van der Waals surface area contributed by atoms with E-state index in [1.165, 1.54) is 0 Å². The molecule has 1 aromatic rings. The second-order valence-electron chi connectivity index (χ2n) is 5.67. The van der Waals surface area contributed by atoms with E-state index in [4.69, 9.17) is 0 Å². The second kappa shape index (κ2) is 8.00. The number of anilines is 1. The molecular formula is C16H26FN3. The van der Waals surface area contributed by atoms with E-state index in [1.807, 2.05) is 18.7 Å². The van der Waals surface area contributed by atoms with Gasteiger partial charge in [0, 0.05) is 30.9 Å². The summed E-state index contributed by atoms with van der Waals surface area (Å²) in [6.07, 6.45) is 3.44. The molecule has 1 rings (SSSR count). The SMILES string of the molecule is C=CCN(c1nccc(CNCC(C)C)c1F)C(C)C. The van der Waals surface area contributed by atoms with Crippen molar-refractivity contribution in [2.24, 2.45) is 5.92 Å². The van der Waals surface area contributed by atoms with Gasteiger partial charge in [0.2, 0.25) is 0 Å². The molecule has 0 spiro atoms. The van der Waals surface area contributed by atoms with Crippen LogP contribution in [-0.2, 0) is 6.54 Å². The average molecular weight is 279 g/mol. The van der Waals surface area contributed by atoms with Crippen molar-refractivity contribution in [1.29, 1.82) is 0 Å². The molecule has 0 aliphatic heterocycles. The number of halogens is 1. The maximum atomic E-state index is 14.6. The van der Waals surface area contributed by atoms with Gasteiger partial charge in [0.05, 0.1) is 0 Å². The lowest BCUT2D eigenvalue weighted by molar-refractivity contribution is 0.530. The Kier molecular flexibility index (Phi) is 6.65. The van der Waals surface area contributed by atoms with Gasteiger partial charge in [-0.2, -0.15) is 0 Å². The standard InChI is InChI=1S/C16H26FN3/c1-6-9-20(13(4)5)16-15(17)14(7-8-19-16)11-18-10-12(2)3/h6-8,12-13,18H,1,9-11H2,2-5H3. The Morgan fingerprint density at radius 1 is 1.40 bits per heavy atom. The second-order valence-corrected chi connectivity index (χ2v) is 5.67. The summed E-state index contributed by atoms with van der Waals surface area (Å²) in [4.78, 5) is 6.11. The monoisotopic (exact) mass is 279 g/mol. The lowest BCUT2D eigenvalue weighted by Gasteiger charge is -2.27. The molecule has 1 aromatic heterocycles. The normalized spacial score (nSPS) is 11.2. The molecule has 1 heterocycles. The van der Waals surface area contributed by atoms with Crippen LogP contribution in [0.2, 0.25) is 0 Å². The van der Waals surface area contributed by atoms with E-state index in [0.29, 0.717) is 30.4 Å². The lowest BCUT2D eigenvalue weighted by Crippen LogP contribution is -2.33. The van der Waals surface area contributed by atoms with Crippen LogP contribution in [-0.4, -0.2) is 24.1 Å². The van der Waals surface area contributed by atoms with Crippen LogP contribution in [0.25, 0.3) is 0 Å². The summed E-state index contributed by atoms with van der Waals surface area (Å²) in [5.74, 6) is 0.718. The highest BCUT2D eigenvalue weighted by Crippen LogP contribution is 2.21. The lowest BCUT2D eigenvalue weighted by atomic mass is 10.2. The van der Waals surface area contributed by atoms with E-state index in [2.05, 4.69) is 30.7 Å². The minimum Gasteiger partial charge on any atom is -0.348 e. The van der Waals surface area contributed by atoms with Crippen molar-refractivity contribution in [1.82, 2.24) is 10.3 Å². The van der Waals surface area contributed by atoms with Gasteiger partial charge in [-0.05, 0) is 32.4 Å². The Morgan fingerprint density at radius 2 is 2.10 bits per heavy atom. The first-order chi connectivity index (χ1) is 9.47. The molecule has 3 nitrogen and oxygen atoms in total. The molecule has 0 radical (unpaired) electrons. The molecule has 4 heteroatoms. The van der Waals surface area contributed by atoms with Crippen LogP contribution in [0.15, 0.2) is 24.9 Å². The first kappa shape index (κ1) is 16.6. The van der Waals surface area contributed by atoms with Gasteiger partial charge >= 0.3 is 0 Å². The van der Waals surface area contributed by atoms with Gasteiger partial charge in [0.1, 0.15) is 0 Å². The summed E-state index contributed by atoms with van der Waals surface area (Å²) in [5.41, 5.74) is 0.658. The maximum Gasteiger partial charge on any atom is 0.170 e. The Bertz CT molecular complexity index is 430. The van der Waals surface area contributed by atoms with Gasteiger partial charge in [-0.25, -0.2) is 9.37 Å². The molecular weight excluding hydrogens is 253 g/mol. The molecule has 20 heavy (non-hydrogen) atoms. The van der Waals surface area contributed by atoms with Crippen molar-refractivity contribution in [2.45, 2.75) is 40.3 Å². The molecule has 112 valence electrons. The first-order valence-electron chi connectivity index (χ1n) is 7.19. The third-order valence-corrected chi connectivity index (χ3v) is 3.04. The third-order valence-electron chi connectivity index (χ3n) is 3.04. The zero-order chi connectivity index (χ0) is 15.1. The fraction of sp³-hybridized carbons (Fsp3) is 0.562. The van der Waals surface area contributed by atoms with E-state index in [0.717, 1.165) is 6.54 Å². The molecule has 0 saturated carbocycles. The number of hydrogen-bond acceptors (Lipinski definition) is 3. The number of pyridine rings is 1. The van der Waals surface area contributed by atoms with Crippen LogP contribution in [0.5, 0.6) is 0 Å². The van der Waals surface area contributed by atoms with Gasteiger partial charge in [-0.15, -0.1) is 6.58 Å². The van der Waals surface area contributed by atoms with E-state index in [-0.39, 0.29) is 11.9 Å². The Balaban J connectivity index is 2.90. The maximum absolute atomic E-state index is 14.6. The van der Waals surface area contributed by atoms with Crippen molar-refractivity contribution < 1.29 is 4.39 Å². The fourth-order valence-corrected chi connectivity index (χ4v) is 1.98. The predicted octanol–water partition coefficient (Wildman–Crippen LogP) is 3.37. The van der Waals surface area contributed by atoms with Gasteiger partial charge in [-0.1, -0.05) is 19.9 Å². The molecule has 1 N–H and O–H groups in total. The smallest absolute Gasteiger partial charge is 0.170 e. The molecule has 0 unspecified atom stereocenters. The van der Waals surface area contributed by atoms with E-state index >= 15 is 0 Å². The fourth-order valence-electron chi connectivity index (χ4n) is 1.98. The average Bonchev–Trinajstić information content (AvgIpc) is 2.38. The molecule has 0 bridgehead atoms.